The Kier molecular flexibility index (Phi) is 2.69. The van der Waals surface area contributed by atoms with Crippen molar-refractivity contribution in [3.05, 3.63) is 0 Å². The predicted molar refractivity (Wildman–Crippen MR) is 43.7 cm³/mol. The number of nitrogens with one attached hydrogen (secondary N) is 1. The van der Waals surface area contributed by atoms with Gasteiger partial charge in [-0.2, -0.15) is 0 Å². The molecule has 0 aromatic heterocycles. The van der Waals surface area contributed by atoms with Crippen LogP contribution < -0.4 is 11.1 Å². The van der Waals surface area contributed by atoms with Gasteiger partial charge in [-0.15, -0.1) is 0 Å². The van der Waals surface area contributed by atoms with Crippen LogP contribution in [0.2, 0.25) is 0 Å². The van der Waals surface area contributed by atoms with Crippen LogP contribution >= 0.6 is 0 Å². The van der Waals surface area contributed by atoms with Gasteiger partial charge >= 0.3 is 6.03 Å². The van der Waals surface area contributed by atoms with Crippen molar-refractivity contribution in [3.63, 3.8) is 0 Å². The van der Waals surface area contributed by atoms with Gasteiger partial charge in [0.25, 0.3) is 0 Å². The van der Waals surface area contributed by atoms with Crippen LogP contribution in [0.25, 0.3) is 0 Å². The summed E-state index contributed by atoms with van der Waals surface area (Å²) < 4.78 is 12.3. The lowest BCUT2D eigenvalue weighted by atomic mass is 10.1. The Morgan fingerprint density at radius 1 is 1.62 bits per heavy atom. The Labute approximate surface area is 75.1 Å². The van der Waals surface area contributed by atoms with Gasteiger partial charge in [0, 0.05) is 0 Å². The monoisotopic (exact) mass is 189 g/mol. The first kappa shape index (κ1) is 9.76. The lowest BCUT2D eigenvalue weighted by molar-refractivity contribution is -0.139. The molecule has 0 bridgehead atoms. The summed E-state index contributed by atoms with van der Waals surface area (Å²) in [6.07, 6.45) is -0.926. The van der Waals surface area contributed by atoms with E-state index in [1.165, 1.54) is 11.8 Å². The molecule has 0 saturated carbocycles. The highest BCUT2D eigenvalue weighted by atomic mass is 19.1. The normalized spacial score (nSPS) is 19.1. The molecule has 0 aliphatic carbocycles. The summed E-state index contributed by atoms with van der Waals surface area (Å²) in [5.74, 6) is -0.298. The second-order valence-corrected chi connectivity index (χ2v) is 3.07. The van der Waals surface area contributed by atoms with E-state index < -0.39 is 18.2 Å². The third kappa shape index (κ3) is 2.30. The molecule has 1 aliphatic rings. The molecule has 5 nitrogen and oxygen atoms in total. The first-order valence-corrected chi connectivity index (χ1v) is 3.99. The van der Waals surface area contributed by atoms with E-state index in [0.717, 1.165) is 0 Å². The Morgan fingerprint density at radius 2 is 2.15 bits per heavy atom. The van der Waals surface area contributed by atoms with E-state index in [1.54, 1.807) is 0 Å². The first-order chi connectivity index (χ1) is 6.00. The maximum atomic E-state index is 12.3. The van der Waals surface area contributed by atoms with Crippen LogP contribution in [0, 0.1) is 0 Å². The summed E-state index contributed by atoms with van der Waals surface area (Å²) in [6, 6.07) is -1.43. The number of likely N-dealkylation sites (tertiary alicyclic amines) is 1. The quantitative estimate of drug-likeness (QED) is 0.598. The Morgan fingerprint density at radius 3 is 2.54 bits per heavy atom. The highest BCUT2D eigenvalue weighted by molar-refractivity contribution is 5.86. The Bertz CT molecular complexity index is 228. The minimum absolute atomic E-state index is 0.115. The first-order valence-electron chi connectivity index (χ1n) is 3.99. The van der Waals surface area contributed by atoms with E-state index in [2.05, 4.69) is 5.32 Å². The maximum absolute atomic E-state index is 12.3. The number of hydrogen-bond acceptors (Lipinski definition) is 2. The Hall–Kier alpha value is -1.33. The number of nitrogens with zero attached hydrogens (tertiary/aromatic N) is 1. The molecule has 0 aromatic rings. The van der Waals surface area contributed by atoms with Gasteiger partial charge in [0.05, 0.1) is 13.1 Å². The van der Waals surface area contributed by atoms with Crippen LogP contribution in [0.4, 0.5) is 9.18 Å². The van der Waals surface area contributed by atoms with E-state index in [1.807, 2.05) is 0 Å². The molecule has 1 heterocycles. The van der Waals surface area contributed by atoms with Crippen molar-refractivity contribution in [1.29, 1.82) is 0 Å². The van der Waals surface area contributed by atoms with Crippen LogP contribution in [0.5, 0.6) is 0 Å². The third-order valence-electron chi connectivity index (χ3n) is 1.88. The average molecular weight is 189 g/mol. The van der Waals surface area contributed by atoms with E-state index >= 15 is 0 Å². The SMILES string of the molecule is CC(NC(N)=O)C(=O)N1CC(F)C1. The number of halogens is 1. The van der Waals surface area contributed by atoms with Crippen molar-refractivity contribution in [2.75, 3.05) is 13.1 Å². The maximum Gasteiger partial charge on any atom is 0.312 e. The van der Waals surface area contributed by atoms with E-state index in [0.29, 0.717) is 0 Å². The summed E-state index contributed by atoms with van der Waals surface area (Å²) in [6.45, 7) is 1.74. The Balaban J connectivity index is 2.35. The van der Waals surface area contributed by atoms with Crippen LogP contribution in [0.1, 0.15) is 6.92 Å². The van der Waals surface area contributed by atoms with Crippen LogP contribution in [-0.2, 0) is 4.79 Å². The highest BCUT2D eigenvalue weighted by Crippen LogP contribution is 2.12. The van der Waals surface area contributed by atoms with Crippen LogP contribution in [0.15, 0.2) is 0 Å². The lowest BCUT2D eigenvalue weighted by Gasteiger charge is -2.36. The van der Waals surface area contributed by atoms with Gasteiger partial charge < -0.3 is 16.0 Å². The fourth-order valence-electron chi connectivity index (χ4n) is 1.15. The number of alkyl halides is 1. The zero-order valence-electron chi connectivity index (χ0n) is 7.29. The molecular formula is C7H12FN3O2. The number of amides is 3. The van der Waals surface area contributed by atoms with Crippen molar-refractivity contribution >= 4 is 11.9 Å². The van der Waals surface area contributed by atoms with Crippen LogP contribution in [-0.4, -0.2) is 42.1 Å². The van der Waals surface area contributed by atoms with Gasteiger partial charge in [-0.3, -0.25) is 4.79 Å². The molecule has 3 amide bonds. The molecule has 1 unspecified atom stereocenters. The second kappa shape index (κ2) is 3.59. The number of nitrogens with two attached hydrogens (primary N) is 1. The van der Waals surface area contributed by atoms with Gasteiger partial charge in [-0.25, -0.2) is 9.18 Å². The zero-order valence-corrected chi connectivity index (χ0v) is 7.29. The fraction of sp³-hybridized carbons (Fsp3) is 0.714. The van der Waals surface area contributed by atoms with Gasteiger partial charge in [0.15, 0.2) is 0 Å². The van der Waals surface area contributed by atoms with Crippen molar-refractivity contribution in [1.82, 2.24) is 10.2 Å². The summed E-state index contributed by atoms with van der Waals surface area (Å²) in [4.78, 5) is 23.0. The van der Waals surface area contributed by atoms with Crippen molar-refractivity contribution in [2.24, 2.45) is 5.73 Å². The lowest BCUT2D eigenvalue weighted by Crippen LogP contribution is -2.57. The molecular weight excluding hydrogens is 177 g/mol. The fourth-order valence-corrected chi connectivity index (χ4v) is 1.15. The molecule has 74 valence electrons. The molecule has 6 heteroatoms. The number of hydrogen-bond donors (Lipinski definition) is 2. The van der Waals surface area contributed by atoms with Crippen molar-refractivity contribution in [3.8, 4) is 0 Å². The summed E-state index contributed by atoms with van der Waals surface area (Å²) >= 11 is 0. The minimum atomic E-state index is -0.926. The molecule has 3 N–H and O–H groups in total. The summed E-state index contributed by atoms with van der Waals surface area (Å²) in [7, 11) is 0. The van der Waals surface area contributed by atoms with Crippen molar-refractivity contribution < 1.29 is 14.0 Å². The highest BCUT2D eigenvalue weighted by Gasteiger charge is 2.32. The summed E-state index contributed by atoms with van der Waals surface area (Å²) in [5, 5.41) is 2.23. The molecule has 13 heavy (non-hydrogen) atoms. The van der Waals surface area contributed by atoms with E-state index in [4.69, 9.17) is 5.73 Å². The molecule has 0 spiro atoms. The molecule has 1 fully saturated rings. The minimum Gasteiger partial charge on any atom is -0.352 e. The number of rotatable bonds is 2. The number of urea groups is 1. The van der Waals surface area contributed by atoms with Crippen molar-refractivity contribution in [2.45, 2.75) is 19.1 Å². The molecule has 1 atom stereocenters. The van der Waals surface area contributed by atoms with Crippen LogP contribution in [0.3, 0.4) is 0 Å². The largest absolute Gasteiger partial charge is 0.352 e. The van der Waals surface area contributed by atoms with E-state index in [9.17, 15) is 14.0 Å². The molecule has 0 aromatic carbocycles. The number of primary amides is 1. The summed E-state index contributed by atoms with van der Waals surface area (Å²) in [5.41, 5.74) is 4.82. The standard InChI is InChI=1S/C7H12FN3O2/c1-4(10-7(9)13)6(12)11-2-5(8)3-11/h4-5H,2-3H2,1H3,(H3,9,10,13). The predicted octanol–water partition coefficient (Wildman–Crippen LogP) is -0.776. The smallest absolute Gasteiger partial charge is 0.312 e. The molecule has 1 saturated heterocycles. The van der Waals surface area contributed by atoms with Gasteiger partial charge in [0.2, 0.25) is 5.91 Å². The molecule has 0 radical (unpaired) electrons. The van der Waals surface area contributed by atoms with Gasteiger partial charge in [0.1, 0.15) is 12.2 Å². The molecule has 1 rings (SSSR count). The second-order valence-electron chi connectivity index (χ2n) is 3.07. The topological polar surface area (TPSA) is 75.4 Å². The zero-order chi connectivity index (χ0) is 10.0. The molecule has 1 aliphatic heterocycles. The van der Waals surface area contributed by atoms with Gasteiger partial charge in [-0.05, 0) is 6.92 Å². The van der Waals surface area contributed by atoms with E-state index in [-0.39, 0.29) is 19.0 Å². The van der Waals surface area contributed by atoms with Gasteiger partial charge in [-0.1, -0.05) is 0 Å². The average Bonchev–Trinajstić information content (AvgIpc) is 1.96. The number of carbonyl (C=O) groups is 2. The number of carbonyl (C=O) groups excluding carboxylic acids is 2. The third-order valence-corrected chi connectivity index (χ3v) is 1.88.